The Labute approximate surface area is 133 Å². The Kier molecular flexibility index (Phi) is 3.81. The van der Waals surface area contributed by atoms with E-state index in [9.17, 15) is 9.59 Å². The number of hydrogen-bond donors (Lipinski definition) is 1. The number of aromatic nitrogens is 2. The van der Waals surface area contributed by atoms with Crippen LogP contribution in [-0.2, 0) is 6.54 Å². The van der Waals surface area contributed by atoms with Gasteiger partial charge < -0.3 is 9.32 Å². The monoisotopic (exact) mass is 361 g/mol. The summed E-state index contributed by atoms with van der Waals surface area (Å²) in [5.41, 5.74) is -0.104. The molecule has 0 atom stereocenters. The molecule has 0 fully saturated rings. The van der Waals surface area contributed by atoms with Gasteiger partial charge in [-0.1, -0.05) is 18.2 Å². The normalized spacial score (nSPS) is 10.8. The molecule has 0 saturated heterocycles. The molecular weight excluding hydrogens is 350 g/mol. The van der Waals surface area contributed by atoms with Crippen LogP contribution in [0, 0.1) is 0 Å². The van der Waals surface area contributed by atoms with E-state index in [1.807, 2.05) is 0 Å². The number of rotatable bonds is 3. The molecule has 0 aliphatic rings. The molecule has 0 unspecified atom stereocenters. The lowest BCUT2D eigenvalue weighted by Gasteiger charge is -2.15. The summed E-state index contributed by atoms with van der Waals surface area (Å²) in [6.45, 7) is 0.305. The van der Waals surface area contributed by atoms with E-state index >= 15 is 0 Å². The maximum atomic E-state index is 12.6. The lowest BCUT2D eigenvalue weighted by Crippen LogP contribution is -2.28. The molecule has 0 radical (unpaired) electrons. The highest BCUT2D eigenvalue weighted by atomic mass is 79.9. The lowest BCUT2D eigenvalue weighted by atomic mass is 10.1. The van der Waals surface area contributed by atoms with E-state index in [-0.39, 0.29) is 17.2 Å². The molecule has 0 saturated carbocycles. The van der Waals surface area contributed by atoms with Crippen LogP contribution in [0.1, 0.15) is 16.2 Å². The van der Waals surface area contributed by atoms with Crippen molar-refractivity contribution in [2.24, 2.45) is 0 Å². The van der Waals surface area contributed by atoms with Crippen molar-refractivity contribution in [3.8, 4) is 0 Å². The summed E-state index contributed by atoms with van der Waals surface area (Å²) in [6.07, 6.45) is 0. The van der Waals surface area contributed by atoms with Gasteiger partial charge in [-0.05, 0) is 34.1 Å². The summed E-state index contributed by atoms with van der Waals surface area (Å²) < 4.78 is 6.00. The Bertz CT molecular complexity index is 900. The molecule has 7 heteroatoms. The van der Waals surface area contributed by atoms with Crippen molar-refractivity contribution in [3.63, 3.8) is 0 Å². The van der Waals surface area contributed by atoms with E-state index < -0.39 is 0 Å². The first-order valence-corrected chi connectivity index (χ1v) is 7.32. The van der Waals surface area contributed by atoms with Gasteiger partial charge in [-0.15, -0.1) is 0 Å². The molecule has 0 aliphatic heterocycles. The van der Waals surface area contributed by atoms with Crippen LogP contribution < -0.4 is 5.56 Å². The minimum atomic E-state index is -0.315. The molecule has 3 aromatic rings. The first-order valence-electron chi connectivity index (χ1n) is 6.53. The quantitative estimate of drug-likeness (QED) is 0.777. The molecule has 3 rings (SSSR count). The number of aromatic amines is 1. The summed E-state index contributed by atoms with van der Waals surface area (Å²) in [7, 11) is 1.65. The number of H-pyrrole nitrogens is 1. The number of amides is 1. The molecule has 0 spiro atoms. The Morgan fingerprint density at radius 3 is 2.68 bits per heavy atom. The molecule has 112 valence electrons. The topological polar surface area (TPSA) is 79.2 Å². The van der Waals surface area contributed by atoms with E-state index in [2.05, 4.69) is 26.1 Å². The number of nitrogens with zero attached hydrogens (tertiary/aromatic N) is 2. The minimum Gasteiger partial charge on any atom is -0.452 e. The molecule has 1 amide bonds. The second kappa shape index (κ2) is 5.76. The van der Waals surface area contributed by atoms with Crippen LogP contribution in [0.3, 0.4) is 0 Å². The van der Waals surface area contributed by atoms with Gasteiger partial charge >= 0.3 is 0 Å². The third-order valence-electron chi connectivity index (χ3n) is 3.27. The number of nitrogens with one attached hydrogen (secondary N) is 1. The average Bonchev–Trinajstić information content (AvgIpc) is 2.92. The summed E-state index contributed by atoms with van der Waals surface area (Å²) in [4.78, 5) is 25.8. The number of hydrogen-bond acceptors (Lipinski definition) is 4. The van der Waals surface area contributed by atoms with Crippen LogP contribution >= 0.6 is 15.9 Å². The van der Waals surface area contributed by atoms with Gasteiger partial charge in [-0.25, -0.2) is 5.10 Å². The number of benzene rings is 1. The van der Waals surface area contributed by atoms with Crippen LogP contribution in [-0.4, -0.2) is 28.1 Å². The number of furan rings is 1. The molecular formula is C15H12BrN3O3. The minimum absolute atomic E-state index is 0.211. The van der Waals surface area contributed by atoms with Crippen molar-refractivity contribution < 1.29 is 9.21 Å². The highest BCUT2D eigenvalue weighted by molar-refractivity contribution is 9.10. The fraction of sp³-hybridized carbons (Fsp3) is 0.133. The van der Waals surface area contributed by atoms with Crippen LogP contribution in [0.2, 0.25) is 0 Å². The number of fused-ring (bicyclic) bond motifs is 1. The number of halogens is 1. The van der Waals surface area contributed by atoms with Gasteiger partial charge in [0.05, 0.1) is 11.9 Å². The summed E-state index contributed by atoms with van der Waals surface area (Å²) >= 11 is 3.22. The third kappa shape index (κ3) is 2.67. The van der Waals surface area contributed by atoms with E-state index in [4.69, 9.17) is 4.42 Å². The fourth-order valence-corrected chi connectivity index (χ4v) is 2.54. The van der Waals surface area contributed by atoms with Crippen molar-refractivity contribution in [1.82, 2.24) is 15.1 Å². The molecule has 6 nitrogen and oxygen atoms in total. The van der Waals surface area contributed by atoms with Gasteiger partial charge in [0, 0.05) is 12.4 Å². The third-order valence-corrected chi connectivity index (χ3v) is 3.69. The smallest absolute Gasteiger partial charge is 0.275 e. The van der Waals surface area contributed by atoms with Gasteiger partial charge in [-0.2, -0.15) is 5.10 Å². The average molecular weight is 362 g/mol. The van der Waals surface area contributed by atoms with Crippen molar-refractivity contribution in [1.29, 1.82) is 0 Å². The van der Waals surface area contributed by atoms with E-state index in [0.717, 1.165) is 0 Å². The van der Waals surface area contributed by atoms with Crippen LogP contribution in [0.15, 0.2) is 50.3 Å². The van der Waals surface area contributed by atoms with Crippen molar-refractivity contribution in [3.05, 3.63) is 62.9 Å². The zero-order valence-electron chi connectivity index (χ0n) is 11.7. The number of carbonyl (C=O) groups is 1. The molecule has 1 aromatic carbocycles. The largest absolute Gasteiger partial charge is 0.452 e. The van der Waals surface area contributed by atoms with E-state index in [0.29, 0.717) is 27.7 Å². The van der Waals surface area contributed by atoms with Crippen LogP contribution in [0.4, 0.5) is 0 Å². The highest BCUT2D eigenvalue weighted by Gasteiger charge is 2.19. The predicted octanol–water partition coefficient (Wildman–Crippen LogP) is 2.55. The van der Waals surface area contributed by atoms with Crippen molar-refractivity contribution >= 4 is 32.6 Å². The fourth-order valence-electron chi connectivity index (χ4n) is 2.20. The molecule has 22 heavy (non-hydrogen) atoms. The van der Waals surface area contributed by atoms with Gasteiger partial charge in [0.15, 0.2) is 10.4 Å². The molecule has 2 heterocycles. The van der Waals surface area contributed by atoms with Gasteiger partial charge in [-0.3, -0.25) is 9.59 Å². The number of carbonyl (C=O) groups excluding carboxylic acids is 1. The second-order valence-electron chi connectivity index (χ2n) is 4.81. The van der Waals surface area contributed by atoms with Crippen LogP contribution in [0.5, 0.6) is 0 Å². The maximum Gasteiger partial charge on any atom is 0.275 e. The van der Waals surface area contributed by atoms with E-state index in [1.165, 1.54) is 4.90 Å². The lowest BCUT2D eigenvalue weighted by molar-refractivity contribution is 0.0770. The first-order chi connectivity index (χ1) is 10.6. The first kappa shape index (κ1) is 14.5. The molecule has 1 N–H and O–H groups in total. The second-order valence-corrected chi connectivity index (χ2v) is 5.60. The molecule has 0 bridgehead atoms. The van der Waals surface area contributed by atoms with E-state index in [1.54, 1.807) is 43.4 Å². The van der Waals surface area contributed by atoms with Gasteiger partial charge in [0.25, 0.3) is 11.5 Å². The standard InChI is InChI=1S/C15H12BrN3O3/c1-19(8-9-6-7-12(16)22-9)15(21)13-10-4-2-3-5-11(10)14(20)18-17-13/h2-7H,8H2,1H3,(H,18,20). The van der Waals surface area contributed by atoms with Gasteiger partial charge in [0.1, 0.15) is 5.76 Å². The molecule has 2 aromatic heterocycles. The Morgan fingerprint density at radius 2 is 2.00 bits per heavy atom. The Hall–Kier alpha value is -2.41. The molecule has 0 aliphatic carbocycles. The van der Waals surface area contributed by atoms with Crippen molar-refractivity contribution in [2.45, 2.75) is 6.54 Å². The Morgan fingerprint density at radius 1 is 1.27 bits per heavy atom. The predicted molar refractivity (Wildman–Crippen MR) is 84.6 cm³/mol. The SMILES string of the molecule is CN(Cc1ccc(Br)o1)C(=O)c1n[nH]c(=O)c2ccccc12. The van der Waals surface area contributed by atoms with Gasteiger partial charge in [0.2, 0.25) is 0 Å². The summed E-state index contributed by atoms with van der Waals surface area (Å²) in [5.74, 6) is 0.358. The summed E-state index contributed by atoms with van der Waals surface area (Å²) in [5, 5.41) is 7.24. The zero-order valence-corrected chi connectivity index (χ0v) is 13.3. The highest BCUT2D eigenvalue weighted by Crippen LogP contribution is 2.18. The summed E-state index contributed by atoms with van der Waals surface area (Å²) in [6, 6.07) is 10.4. The van der Waals surface area contributed by atoms with Crippen molar-refractivity contribution in [2.75, 3.05) is 7.05 Å². The zero-order chi connectivity index (χ0) is 15.7. The Balaban J connectivity index is 1.95. The van der Waals surface area contributed by atoms with Crippen LogP contribution in [0.25, 0.3) is 10.8 Å². The maximum absolute atomic E-state index is 12.6.